The predicted octanol–water partition coefficient (Wildman–Crippen LogP) is 7.48. The van der Waals surface area contributed by atoms with Gasteiger partial charge in [0.25, 0.3) is 0 Å². The summed E-state index contributed by atoms with van der Waals surface area (Å²) in [6, 6.07) is 11.4. The summed E-state index contributed by atoms with van der Waals surface area (Å²) in [5.41, 5.74) is 1.49. The number of halogens is 3. The largest absolute Gasteiger partial charge is 0.491 e. The summed E-state index contributed by atoms with van der Waals surface area (Å²) >= 11 is 0. The molecule has 1 aliphatic carbocycles. The minimum absolute atomic E-state index is 0.00382. The van der Waals surface area contributed by atoms with Crippen molar-refractivity contribution in [2.24, 2.45) is 0 Å². The quantitative estimate of drug-likeness (QED) is 0.233. The van der Waals surface area contributed by atoms with E-state index in [1.807, 2.05) is 0 Å². The summed E-state index contributed by atoms with van der Waals surface area (Å²) in [6.07, 6.45) is 5.41. The van der Waals surface area contributed by atoms with Gasteiger partial charge in [0.1, 0.15) is 36.4 Å². The van der Waals surface area contributed by atoms with Crippen molar-refractivity contribution in [3.05, 3.63) is 89.3 Å². The maximum Gasteiger partial charge on any atom is 0.333 e. The van der Waals surface area contributed by atoms with E-state index in [0.717, 1.165) is 43.4 Å². The zero-order valence-corrected chi connectivity index (χ0v) is 21.4. The molecule has 0 aliphatic heterocycles. The fourth-order valence-corrected chi connectivity index (χ4v) is 4.87. The van der Waals surface area contributed by atoms with E-state index in [4.69, 9.17) is 14.6 Å². The summed E-state index contributed by atoms with van der Waals surface area (Å²) in [7, 11) is 0. The Morgan fingerprint density at radius 1 is 0.895 bits per heavy atom. The first-order valence-corrected chi connectivity index (χ1v) is 12.8. The van der Waals surface area contributed by atoms with Crippen LogP contribution in [0.15, 0.2) is 60.7 Å². The molecule has 200 valence electrons. The number of rotatable bonds is 9. The Hall–Kier alpha value is -3.58. The highest BCUT2D eigenvalue weighted by atomic mass is 19.1. The lowest BCUT2D eigenvalue weighted by atomic mass is 9.83. The molecule has 0 heterocycles. The molecule has 1 aliphatic rings. The van der Waals surface area contributed by atoms with E-state index in [9.17, 15) is 4.79 Å². The Kier molecular flexibility index (Phi) is 8.89. The zero-order valence-electron chi connectivity index (χ0n) is 21.4. The van der Waals surface area contributed by atoms with E-state index in [0.29, 0.717) is 11.3 Å². The average molecular weight is 525 g/mol. The number of hydrogen-bond donors (Lipinski definition) is 1. The summed E-state index contributed by atoms with van der Waals surface area (Å²) < 4.78 is 56.6. The zero-order chi connectivity index (χ0) is 27.2. The molecule has 1 fully saturated rings. The van der Waals surface area contributed by atoms with Gasteiger partial charge in [-0.1, -0.05) is 44.0 Å². The van der Waals surface area contributed by atoms with Crippen molar-refractivity contribution in [2.75, 3.05) is 13.2 Å². The maximum absolute atomic E-state index is 15.4. The lowest BCUT2D eigenvalue weighted by Crippen LogP contribution is -2.07. The monoisotopic (exact) mass is 524 g/mol. The Labute approximate surface area is 220 Å². The van der Waals surface area contributed by atoms with Crippen molar-refractivity contribution in [3.63, 3.8) is 0 Å². The molecule has 4 rings (SSSR count). The standard InChI is InChI=1S/C31H31F3O4/c1-19(2)31(36)38-18-22-14-23(37-13-12-35)9-11-24(22)26-16-30(34)27(17-29(26)33)25-10-8-21(15-28(25)32)20-6-4-3-5-7-20/h8-11,14-17,20,35H,1,3-7,12-13,18H2,2H3. The van der Waals surface area contributed by atoms with Crippen LogP contribution in [0.25, 0.3) is 22.3 Å². The molecular weight excluding hydrogens is 493 g/mol. The maximum atomic E-state index is 15.4. The van der Waals surface area contributed by atoms with Gasteiger partial charge in [-0.3, -0.25) is 0 Å². The van der Waals surface area contributed by atoms with E-state index < -0.39 is 23.4 Å². The molecular formula is C31H31F3O4. The number of aliphatic hydroxyl groups is 1. The molecule has 3 aromatic carbocycles. The van der Waals surface area contributed by atoms with Crippen molar-refractivity contribution in [1.29, 1.82) is 0 Å². The first-order chi connectivity index (χ1) is 18.3. The van der Waals surface area contributed by atoms with Crippen LogP contribution in [0, 0.1) is 17.5 Å². The number of benzene rings is 3. The third-order valence-electron chi connectivity index (χ3n) is 6.85. The molecule has 1 saturated carbocycles. The van der Waals surface area contributed by atoms with Gasteiger partial charge in [-0.15, -0.1) is 0 Å². The lowest BCUT2D eigenvalue weighted by molar-refractivity contribution is -0.140. The van der Waals surface area contributed by atoms with Crippen LogP contribution in [0.5, 0.6) is 5.75 Å². The summed E-state index contributed by atoms with van der Waals surface area (Å²) in [5.74, 6) is -2.10. The van der Waals surface area contributed by atoms with Gasteiger partial charge in [-0.25, -0.2) is 18.0 Å². The van der Waals surface area contributed by atoms with Crippen LogP contribution in [0.4, 0.5) is 13.2 Å². The highest BCUT2D eigenvalue weighted by Gasteiger charge is 2.21. The third-order valence-corrected chi connectivity index (χ3v) is 6.85. The van der Waals surface area contributed by atoms with Crippen LogP contribution in [0.2, 0.25) is 0 Å². The number of hydrogen-bond acceptors (Lipinski definition) is 4. The number of carbonyl (C=O) groups excluding carboxylic acids is 1. The Bertz CT molecular complexity index is 1330. The smallest absolute Gasteiger partial charge is 0.333 e. The van der Waals surface area contributed by atoms with Gasteiger partial charge in [0, 0.05) is 27.8 Å². The first-order valence-electron chi connectivity index (χ1n) is 12.8. The molecule has 4 nitrogen and oxygen atoms in total. The van der Waals surface area contributed by atoms with Crippen molar-refractivity contribution in [3.8, 4) is 28.0 Å². The van der Waals surface area contributed by atoms with Gasteiger partial charge >= 0.3 is 5.97 Å². The van der Waals surface area contributed by atoms with Crippen LogP contribution in [-0.2, 0) is 16.1 Å². The molecule has 1 N–H and O–H groups in total. The molecule has 38 heavy (non-hydrogen) atoms. The predicted molar refractivity (Wildman–Crippen MR) is 140 cm³/mol. The number of aliphatic hydroxyl groups excluding tert-OH is 1. The highest BCUT2D eigenvalue weighted by molar-refractivity contribution is 5.87. The van der Waals surface area contributed by atoms with Gasteiger partial charge < -0.3 is 14.6 Å². The molecule has 0 unspecified atom stereocenters. The van der Waals surface area contributed by atoms with E-state index in [1.165, 1.54) is 37.6 Å². The molecule has 0 saturated heterocycles. The topological polar surface area (TPSA) is 55.8 Å². The van der Waals surface area contributed by atoms with Crippen LogP contribution in [-0.4, -0.2) is 24.3 Å². The molecule has 7 heteroatoms. The number of esters is 1. The van der Waals surface area contributed by atoms with Crippen molar-refractivity contribution in [1.82, 2.24) is 0 Å². The Morgan fingerprint density at radius 3 is 2.16 bits per heavy atom. The minimum Gasteiger partial charge on any atom is -0.491 e. The van der Waals surface area contributed by atoms with Crippen molar-refractivity contribution in [2.45, 2.75) is 51.6 Å². The number of ether oxygens (including phenoxy) is 2. The third kappa shape index (κ3) is 6.27. The minimum atomic E-state index is -0.781. The molecule has 0 spiro atoms. The second-order valence-corrected chi connectivity index (χ2v) is 9.63. The second-order valence-electron chi connectivity index (χ2n) is 9.63. The first kappa shape index (κ1) is 27.5. The van der Waals surface area contributed by atoms with Gasteiger partial charge in [0.15, 0.2) is 0 Å². The highest BCUT2D eigenvalue weighted by Crippen LogP contribution is 2.38. The van der Waals surface area contributed by atoms with Gasteiger partial charge in [-0.05, 0) is 67.1 Å². The van der Waals surface area contributed by atoms with Crippen LogP contribution in [0.1, 0.15) is 56.1 Å². The molecule has 3 aromatic rings. The molecule has 0 radical (unpaired) electrons. The summed E-state index contributed by atoms with van der Waals surface area (Å²) in [5, 5.41) is 9.03. The SMILES string of the molecule is C=C(C)C(=O)OCc1cc(OCCO)ccc1-c1cc(F)c(-c2ccc(C3CCCCC3)cc2F)cc1F. The lowest BCUT2D eigenvalue weighted by Gasteiger charge is -2.22. The van der Waals surface area contributed by atoms with E-state index in [2.05, 4.69) is 6.58 Å². The second kappa shape index (κ2) is 12.3. The van der Waals surface area contributed by atoms with Gasteiger partial charge in [0.2, 0.25) is 0 Å². The fourth-order valence-electron chi connectivity index (χ4n) is 4.87. The van der Waals surface area contributed by atoms with Crippen molar-refractivity contribution >= 4 is 5.97 Å². The molecule has 0 aromatic heterocycles. The van der Waals surface area contributed by atoms with E-state index in [-0.39, 0.29) is 53.6 Å². The van der Waals surface area contributed by atoms with Crippen LogP contribution in [0.3, 0.4) is 0 Å². The Morgan fingerprint density at radius 2 is 1.53 bits per heavy atom. The van der Waals surface area contributed by atoms with E-state index >= 15 is 13.2 Å². The summed E-state index contributed by atoms with van der Waals surface area (Å²) in [4.78, 5) is 11.9. The van der Waals surface area contributed by atoms with Gasteiger partial charge in [-0.2, -0.15) is 0 Å². The van der Waals surface area contributed by atoms with Crippen LogP contribution < -0.4 is 4.74 Å². The number of carbonyl (C=O) groups is 1. The Balaban J connectivity index is 1.68. The van der Waals surface area contributed by atoms with Crippen LogP contribution >= 0.6 is 0 Å². The van der Waals surface area contributed by atoms with E-state index in [1.54, 1.807) is 12.1 Å². The summed E-state index contributed by atoms with van der Waals surface area (Å²) in [6.45, 7) is 4.63. The molecule has 0 amide bonds. The van der Waals surface area contributed by atoms with Crippen molar-refractivity contribution < 1.29 is 32.5 Å². The average Bonchev–Trinajstić information content (AvgIpc) is 2.92. The fraction of sp³-hybridized carbons (Fsp3) is 0.323. The molecule has 0 bridgehead atoms. The van der Waals surface area contributed by atoms with Gasteiger partial charge in [0.05, 0.1) is 6.61 Å². The molecule has 0 atom stereocenters. The normalized spacial score (nSPS) is 13.8.